The molecule has 2 N–H and O–H groups in total. The van der Waals surface area contributed by atoms with Crippen LogP contribution in [0.5, 0.6) is 0 Å². The van der Waals surface area contributed by atoms with E-state index in [2.05, 4.69) is 15.6 Å². The minimum Gasteiger partial charge on any atom is -0.307 e. The number of para-hydroxylation sites is 1. The molecule has 0 spiro atoms. The van der Waals surface area contributed by atoms with E-state index in [1.54, 1.807) is 36.4 Å². The quantitative estimate of drug-likeness (QED) is 0.373. The van der Waals surface area contributed by atoms with Gasteiger partial charge in [0.15, 0.2) is 0 Å². The molecule has 4 rings (SSSR count). The van der Waals surface area contributed by atoms with E-state index in [1.165, 1.54) is 28.4 Å². The topological polar surface area (TPSA) is 75.5 Å². The number of aromatic nitrogens is 2. The van der Waals surface area contributed by atoms with Crippen LogP contribution in [0.4, 0.5) is 25.0 Å². The Morgan fingerprint density at radius 2 is 1.81 bits per heavy atom. The van der Waals surface area contributed by atoms with Crippen LogP contribution in [-0.2, 0) is 5.75 Å². The molecule has 2 amide bonds. The SMILES string of the molecule is O=C(Nc1ccc(F)cc1F)Nc1ccccc1SCc1cc(=O)n2cc(Cl)ccc2n1. The number of carbonyl (C=O) groups excluding carboxylic acids is 1. The summed E-state index contributed by atoms with van der Waals surface area (Å²) in [6.07, 6.45) is 1.50. The van der Waals surface area contributed by atoms with Crippen LogP contribution in [0.1, 0.15) is 5.69 Å². The summed E-state index contributed by atoms with van der Waals surface area (Å²) in [6, 6.07) is 14.0. The molecule has 32 heavy (non-hydrogen) atoms. The number of pyridine rings is 1. The third-order valence-corrected chi connectivity index (χ3v) is 5.70. The van der Waals surface area contributed by atoms with Crippen LogP contribution < -0.4 is 16.2 Å². The van der Waals surface area contributed by atoms with E-state index >= 15 is 0 Å². The Kier molecular flexibility index (Phi) is 6.38. The summed E-state index contributed by atoms with van der Waals surface area (Å²) in [6.45, 7) is 0. The summed E-state index contributed by atoms with van der Waals surface area (Å²) in [7, 11) is 0. The summed E-state index contributed by atoms with van der Waals surface area (Å²) in [5.41, 5.74) is 1.14. The monoisotopic (exact) mass is 472 g/mol. The van der Waals surface area contributed by atoms with Gasteiger partial charge in [0.25, 0.3) is 5.56 Å². The lowest BCUT2D eigenvalue weighted by Crippen LogP contribution is -2.20. The summed E-state index contributed by atoms with van der Waals surface area (Å²) in [5.74, 6) is -1.24. The molecule has 0 saturated carbocycles. The fourth-order valence-electron chi connectivity index (χ4n) is 2.91. The molecule has 162 valence electrons. The van der Waals surface area contributed by atoms with Gasteiger partial charge in [0.2, 0.25) is 0 Å². The van der Waals surface area contributed by atoms with Crippen LogP contribution in [0.2, 0.25) is 5.02 Å². The molecule has 2 aromatic carbocycles. The summed E-state index contributed by atoms with van der Waals surface area (Å²) < 4.78 is 28.2. The predicted octanol–water partition coefficient (Wildman–Crippen LogP) is 5.56. The van der Waals surface area contributed by atoms with E-state index in [9.17, 15) is 18.4 Å². The van der Waals surface area contributed by atoms with Crippen LogP contribution in [0.15, 0.2) is 76.6 Å². The van der Waals surface area contributed by atoms with Gasteiger partial charge in [-0.25, -0.2) is 18.6 Å². The Bertz CT molecular complexity index is 1380. The molecule has 4 aromatic rings. The number of thioether (sulfide) groups is 1. The van der Waals surface area contributed by atoms with Crippen LogP contribution in [0.25, 0.3) is 5.65 Å². The number of nitrogens with one attached hydrogen (secondary N) is 2. The van der Waals surface area contributed by atoms with Gasteiger partial charge < -0.3 is 10.6 Å². The first-order valence-electron chi connectivity index (χ1n) is 9.32. The second kappa shape index (κ2) is 9.37. The normalized spacial score (nSPS) is 10.8. The number of nitrogens with zero attached hydrogens (tertiary/aromatic N) is 2. The number of carbonyl (C=O) groups is 1. The van der Waals surface area contributed by atoms with Crippen molar-refractivity contribution in [2.45, 2.75) is 10.6 Å². The minimum absolute atomic E-state index is 0.144. The molecule has 0 bridgehead atoms. The first-order chi connectivity index (χ1) is 15.4. The highest BCUT2D eigenvalue weighted by Crippen LogP contribution is 2.29. The average molecular weight is 473 g/mol. The lowest BCUT2D eigenvalue weighted by Gasteiger charge is -2.12. The maximum Gasteiger partial charge on any atom is 0.323 e. The summed E-state index contributed by atoms with van der Waals surface area (Å²) in [4.78, 5) is 29.8. The fraction of sp³-hybridized carbons (Fsp3) is 0.0455. The molecule has 2 heterocycles. The van der Waals surface area contributed by atoms with Crippen LogP contribution in [0.3, 0.4) is 0 Å². The number of anilines is 2. The molecule has 0 atom stereocenters. The maximum atomic E-state index is 13.8. The molecule has 0 aliphatic heterocycles. The Morgan fingerprint density at radius 1 is 1.03 bits per heavy atom. The number of benzene rings is 2. The predicted molar refractivity (Wildman–Crippen MR) is 121 cm³/mol. The smallest absolute Gasteiger partial charge is 0.307 e. The zero-order valence-corrected chi connectivity index (χ0v) is 17.9. The Hall–Kier alpha value is -3.43. The largest absolute Gasteiger partial charge is 0.323 e. The van der Waals surface area contributed by atoms with Crippen molar-refractivity contribution in [3.05, 3.63) is 99.6 Å². The van der Waals surface area contributed by atoms with Crippen molar-refractivity contribution < 1.29 is 13.6 Å². The van der Waals surface area contributed by atoms with Crippen molar-refractivity contribution >= 4 is 46.4 Å². The zero-order valence-electron chi connectivity index (χ0n) is 16.3. The van der Waals surface area contributed by atoms with Gasteiger partial charge in [-0.1, -0.05) is 23.7 Å². The average Bonchev–Trinajstić information content (AvgIpc) is 2.76. The second-order valence-electron chi connectivity index (χ2n) is 6.65. The Morgan fingerprint density at radius 3 is 2.62 bits per heavy atom. The van der Waals surface area contributed by atoms with Crippen molar-refractivity contribution in [2.24, 2.45) is 0 Å². The van der Waals surface area contributed by atoms with E-state index in [0.29, 0.717) is 33.9 Å². The Balaban J connectivity index is 1.48. The lowest BCUT2D eigenvalue weighted by atomic mass is 10.3. The van der Waals surface area contributed by atoms with Gasteiger partial charge in [-0.3, -0.25) is 9.20 Å². The third-order valence-electron chi connectivity index (χ3n) is 4.37. The molecule has 0 saturated heterocycles. The van der Waals surface area contributed by atoms with Crippen molar-refractivity contribution in [3.63, 3.8) is 0 Å². The number of hydrogen-bond donors (Lipinski definition) is 2. The maximum absolute atomic E-state index is 13.8. The lowest BCUT2D eigenvalue weighted by molar-refractivity contribution is 0.262. The zero-order chi connectivity index (χ0) is 22.7. The highest BCUT2D eigenvalue weighted by atomic mass is 35.5. The molecule has 0 aliphatic carbocycles. The van der Waals surface area contributed by atoms with Gasteiger partial charge in [-0.15, -0.1) is 11.8 Å². The first kappa shape index (κ1) is 21.8. The molecule has 0 fully saturated rings. The van der Waals surface area contributed by atoms with Crippen molar-refractivity contribution in [2.75, 3.05) is 10.6 Å². The molecule has 6 nitrogen and oxygen atoms in total. The number of rotatable bonds is 5. The molecular weight excluding hydrogens is 458 g/mol. The van der Waals surface area contributed by atoms with E-state index < -0.39 is 17.7 Å². The van der Waals surface area contributed by atoms with Crippen molar-refractivity contribution in [1.29, 1.82) is 0 Å². The summed E-state index contributed by atoms with van der Waals surface area (Å²) >= 11 is 7.30. The fourth-order valence-corrected chi connectivity index (χ4v) is 3.98. The second-order valence-corrected chi connectivity index (χ2v) is 8.10. The van der Waals surface area contributed by atoms with E-state index in [-0.39, 0.29) is 11.2 Å². The van der Waals surface area contributed by atoms with Gasteiger partial charge in [0.1, 0.15) is 17.3 Å². The van der Waals surface area contributed by atoms with Gasteiger partial charge in [0, 0.05) is 29.0 Å². The van der Waals surface area contributed by atoms with Gasteiger partial charge >= 0.3 is 6.03 Å². The van der Waals surface area contributed by atoms with Crippen molar-refractivity contribution in [1.82, 2.24) is 9.38 Å². The van der Waals surface area contributed by atoms with E-state index in [4.69, 9.17) is 11.6 Å². The molecular formula is C22H15ClF2N4O2S. The van der Waals surface area contributed by atoms with Crippen LogP contribution >= 0.6 is 23.4 Å². The van der Waals surface area contributed by atoms with E-state index in [1.807, 2.05) is 0 Å². The molecule has 2 aromatic heterocycles. The third kappa shape index (κ3) is 5.06. The van der Waals surface area contributed by atoms with E-state index in [0.717, 1.165) is 17.0 Å². The van der Waals surface area contributed by atoms with Crippen molar-refractivity contribution in [3.8, 4) is 0 Å². The van der Waals surface area contributed by atoms with Crippen LogP contribution in [0, 0.1) is 11.6 Å². The van der Waals surface area contributed by atoms with Gasteiger partial charge in [-0.05, 0) is 36.4 Å². The number of amides is 2. The molecule has 0 aliphatic rings. The highest BCUT2D eigenvalue weighted by molar-refractivity contribution is 7.98. The number of urea groups is 1. The molecule has 0 radical (unpaired) electrons. The first-order valence-corrected chi connectivity index (χ1v) is 10.7. The molecule has 10 heteroatoms. The minimum atomic E-state index is -0.877. The van der Waals surface area contributed by atoms with Gasteiger partial charge in [-0.2, -0.15) is 0 Å². The summed E-state index contributed by atoms with van der Waals surface area (Å²) in [5, 5.41) is 5.44. The standard InChI is InChI=1S/C22H15ClF2N4O2S/c23-13-5-8-20-26-15(10-21(30)29(20)11-13)12-32-19-4-2-1-3-18(19)28-22(31)27-17-7-6-14(24)9-16(17)25/h1-11H,12H2,(H2,27,28,31). The Labute approximate surface area is 190 Å². The highest BCUT2D eigenvalue weighted by Gasteiger charge is 2.11. The number of hydrogen-bond acceptors (Lipinski definition) is 4. The van der Waals surface area contributed by atoms with Gasteiger partial charge in [0.05, 0.1) is 22.1 Å². The number of halogens is 3. The van der Waals surface area contributed by atoms with Crippen LogP contribution in [-0.4, -0.2) is 15.4 Å². The number of fused-ring (bicyclic) bond motifs is 1. The molecule has 0 unspecified atom stereocenters.